The number of amides is 2. The van der Waals surface area contributed by atoms with Crippen LogP contribution >= 0.6 is 0 Å². The summed E-state index contributed by atoms with van der Waals surface area (Å²) in [5, 5.41) is 20.2. The molecule has 0 aromatic heterocycles. The average Bonchev–Trinajstić information content (AvgIpc) is 3.04. The van der Waals surface area contributed by atoms with Gasteiger partial charge in [-0.1, -0.05) is 0 Å². The second kappa shape index (κ2) is 8.95. The molecule has 1 aromatic rings. The van der Waals surface area contributed by atoms with Gasteiger partial charge in [-0.3, -0.25) is 29.4 Å². The van der Waals surface area contributed by atoms with E-state index in [1.54, 1.807) is 0 Å². The van der Waals surface area contributed by atoms with E-state index in [9.17, 15) is 29.6 Å². The van der Waals surface area contributed by atoms with E-state index in [1.165, 1.54) is 35.3 Å². The Morgan fingerprint density at radius 3 is 2.41 bits per heavy atom. The molecule has 0 radical (unpaired) electrons. The highest BCUT2D eigenvalue weighted by atomic mass is 16.6. The van der Waals surface area contributed by atoms with Gasteiger partial charge in [-0.25, -0.2) is 0 Å². The van der Waals surface area contributed by atoms with Gasteiger partial charge >= 0.3 is 5.97 Å². The van der Waals surface area contributed by atoms with Gasteiger partial charge in [-0.05, 0) is 49.3 Å². The van der Waals surface area contributed by atoms with E-state index < -0.39 is 11.5 Å². The molecular weight excluding hydrogens is 380 g/mol. The summed E-state index contributed by atoms with van der Waals surface area (Å²) in [6, 6.07) is 4.25. The summed E-state index contributed by atoms with van der Waals surface area (Å²) >= 11 is 0. The fraction of sp³-hybridized carbons (Fsp3) is 0.450. The summed E-state index contributed by atoms with van der Waals surface area (Å²) in [6.07, 6.45) is 5.23. The summed E-state index contributed by atoms with van der Waals surface area (Å²) in [5.74, 6) is -0.982. The van der Waals surface area contributed by atoms with Crippen molar-refractivity contribution in [2.24, 2.45) is 11.8 Å². The second-order valence-corrected chi connectivity index (χ2v) is 7.32. The van der Waals surface area contributed by atoms with E-state index in [0.717, 1.165) is 12.8 Å². The Kier molecular flexibility index (Phi) is 6.38. The van der Waals surface area contributed by atoms with E-state index in [-0.39, 0.29) is 47.5 Å². The first-order valence-corrected chi connectivity index (χ1v) is 9.46. The minimum atomic E-state index is -0.570. The number of esters is 1. The highest BCUT2D eigenvalue weighted by molar-refractivity contribution is 6.12. The molecule has 0 spiro atoms. The quantitative estimate of drug-likeness (QED) is 0.319. The van der Waals surface area contributed by atoms with Gasteiger partial charge in [0.2, 0.25) is 0 Å². The predicted octanol–water partition coefficient (Wildman–Crippen LogP) is 1.86. The number of carbonyl (C=O) groups excluding carboxylic acids is 3. The first-order chi connectivity index (χ1) is 13.9. The van der Waals surface area contributed by atoms with Crippen molar-refractivity contribution >= 4 is 23.5 Å². The number of hydrogen-bond donors (Lipinski definition) is 1. The number of aliphatic hydroxyl groups is 1. The minimum absolute atomic E-state index is 0.0216. The van der Waals surface area contributed by atoms with Gasteiger partial charge in [0.15, 0.2) is 0 Å². The lowest BCUT2D eigenvalue weighted by atomic mass is 9.82. The maximum absolute atomic E-state index is 12.3. The molecule has 3 rings (SSSR count). The molecule has 1 aliphatic carbocycles. The summed E-state index contributed by atoms with van der Waals surface area (Å²) in [5.41, 5.74) is 0.566. The fourth-order valence-electron chi connectivity index (χ4n) is 3.76. The lowest BCUT2D eigenvalue weighted by Crippen LogP contribution is -2.36. The van der Waals surface area contributed by atoms with Crippen LogP contribution in [0, 0.1) is 22.0 Å². The predicted molar refractivity (Wildman–Crippen MR) is 100 cm³/mol. The molecule has 9 heteroatoms. The number of benzene rings is 1. The maximum Gasteiger partial charge on any atom is 0.309 e. The Bertz CT molecular complexity index is 838. The number of hydrogen-bond acceptors (Lipinski definition) is 7. The molecule has 2 aliphatic rings. The van der Waals surface area contributed by atoms with Crippen LogP contribution in [0.25, 0.3) is 0 Å². The van der Waals surface area contributed by atoms with Crippen molar-refractivity contribution in [1.82, 2.24) is 4.90 Å². The van der Waals surface area contributed by atoms with Crippen LogP contribution in [0.15, 0.2) is 30.4 Å². The molecule has 1 N–H and O–H groups in total. The molecule has 2 amide bonds. The van der Waals surface area contributed by atoms with Crippen molar-refractivity contribution in [2.75, 3.05) is 6.54 Å². The van der Waals surface area contributed by atoms with Gasteiger partial charge in [0.1, 0.15) is 6.61 Å². The summed E-state index contributed by atoms with van der Waals surface area (Å²) in [4.78, 5) is 47.2. The van der Waals surface area contributed by atoms with Crippen molar-refractivity contribution in [2.45, 2.75) is 38.9 Å². The first-order valence-electron chi connectivity index (χ1n) is 9.46. The highest BCUT2D eigenvalue weighted by Crippen LogP contribution is 2.31. The third-order valence-corrected chi connectivity index (χ3v) is 5.41. The molecule has 0 bridgehead atoms. The number of aliphatic hydroxyl groups excluding tert-OH is 1. The number of rotatable bonds is 7. The fourth-order valence-corrected chi connectivity index (χ4v) is 3.76. The molecule has 9 nitrogen and oxygen atoms in total. The van der Waals surface area contributed by atoms with Gasteiger partial charge in [0.25, 0.3) is 17.5 Å². The second-order valence-electron chi connectivity index (χ2n) is 7.32. The number of carbonyl (C=O) groups is 3. The van der Waals surface area contributed by atoms with Crippen LogP contribution in [-0.2, 0) is 32.3 Å². The van der Waals surface area contributed by atoms with Gasteiger partial charge in [-0.15, -0.1) is 0 Å². The zero-order valence-corrected chi connectivity index (χ0v) is 15.8. The third-order valence-electron chi connectivity index (χ3n) is 5.41. The van der Waals surface area contributed by atoms with E-state index in [2.05, 4.69) is 0 Å². The SMILES string of the molecule is O=C(OCc1ccc([N+](=O)[O-])c(CO)c1)C1CCC(CN2C(=O)C=CC2=O)CC1. The third kappa shape index (κ3) is 4.86. The largest absolute Gasteiger partial charge is 0.461 e. The molecule has 0 unspecified atom stereocenters. The zero-order valence-electron chi connectivity index (χ0n) is 15.8. The molecule has 0 atom stereocenters. The van der Waals surface area contributed by atoms with Gasteiger partial charge < -0.3 is 9.84 Å². The zero-order chi connectivity index (χ0) is 21.0. The Morgan fingerprint density at radius 2 is 1.83 bits per heavy atom. The van der Waals surface area contributed by atoms with E-state index in [0.29, 0.717) is 24.9 Å². The van der Waals surface area contributed by atoms with Crippen molar-refractivity contribution < 1.29 is 29.2 Å². The van der Waals surface area contributed by atoms with Crippen LogP contribution < -0.4 is 0 Å². The van der Waals surface area contributed by atoms with Crippen molar-refractivity contribution in [3.8, 4) is 0 Å². The molecule has 1 saturated carbocycles. The Labute approximate surface area is 167 Å². The minimum Gasteiger partial charge on any atom is -0.461 e. The van der Waals surface area contributed by atoms with Crippen LogP contribution in [0.4, 0.5) is 5.69 Å². The summed E-state index contributed by atoms with van der Waals surface area (Å²) in [6.45, 7) is -0.120. The lowest BCUT2D eigenvalue weighted by Gasteiger charge is -2.29. The molecule has 29 heavy (non-hydrogen) atoms. The van der Waals surface area contributed by atoms with Crippen LogP contribution in [0.1, 0.15) is 36.8 Å². The molecule has 1 aromatic carbocycles. The Balaban J connectivity index is 1.47. The molecule has 1 fully saturated rings. The smallest absolute Gasteiger partial charge is 0.309 e. The van der Waals surface area contributed by atoms with E-state index in [4.69, 9.17) is 4.74 Å². The number of ether oxygens (including phenoxy) is 1. The van der Waals surface area contributed by atoms with Crippen LogP contribution in [0.2, 0.25) is 0 Å². The van der Waals surface area contributed by atoms with Crippen molar-refractivity contribution in [3.63, 3.8) is 0 Å². The number of imide groups is 1. The van der Waals surface area contributed by atoms with Gasteiger partial charge in [-0.2, -0.15) is 0 Å². The van der Waals surface area contributed by atoms with Crippen LogP contribution in [0.3, 0.4) is 0 Å². The standard InChI is InChI=1S/C20H22N2O7/c23-11-16-9-14(3-6-17(16)22(27)28)12-29-20(26)15-4-1-13(2-5-15)10-21-18(24)7-8-19(21)25/h3,6-9,13,15,23H,1-2,4-5,10-12H2. The average molecular weight is 402 g/mol. The lowest BCUT2D eigenvalue weighted by molar-refractivity contribution is -0.385. The molecule has 154 valence electrons. The van der Waals surface area contributed by atoms with Crippen molar-refractivity contribution in [3.05, 3.63) is 51.6 Å². The normalized spacial score (nSPS) is 21.5. The van der Waals surface area contributed by atoms with E-state index in [1.807, 2.05) is 0 Å². The Hall–Kier alpha value is -3.07. The van der Waals surface area contributed by atoms with Crippen LogP contribution in [-0.4, -0.2) is 39.3 Å². The van der Waals surface area contributed by atoms with Crippen molar-refractivity contribution in [1.29, 1.82) is 0 Å². The maximum atomic E-state index is 12.3. The van der Waals surface area contributed by atoms with E-state index >= 15 is 0 Å². The monoisotopic (exact) mass is 402 g/mol. The Morgan fingerprint density at radius 1 is 1.17 bits per heavy atom. The van der Waals surface area contributed by atoms with Gasteiger partial charge in [0.05, 0.1) is 23.0 Å². The molecule has 0 saturated heterocycles. The molecule has 1 heterocycles. The number of nitrogens with zero attached hydrogens (tertiary/aromatic N) is 2. The number of nitro groups is 1. The van der Waals surface area contributed by atoms with Gasteiger partial charge in [0, 0.05) is 24.8 Å². The highest BCUT2D eigenvalue weighted by Gasteiger charge is 2.31. The number of nitro benzene ring substituents is 1. The van der Waals surface area contributed by atoms with Crippen LogP contribution in [0.5, 0.6) is 0 Å². The summed E-state index contributed by atoms with van der Waals surface area (Å²) < 4.78 is 5.35. The summed E-state index contributed by atoms with van der Waals surface area (Å²) in [7, 11) is 0. The molecule has 1 aliphatic heterocycles. The molecular formula is C20H22N2O7. The first kappa shape index (κ1) is 20.7. The topological polar surface area (TPSA) is 127 Å².